The normalized spacial score (nSPS) is 19.2. The van der Waals surface area contributed by atoms with Crippen LogP contribution < -0.4 is 5.32 Å². The second kappa shape index (κ2) is 5.14. The van der Waals surface area contributed by atoms with Crippen molar-refractivity contribution in [1.29, 1.82) is 0 Å². The van der Waals surface area contributed by atoms with Crippen molar-refractivity contribution in [3.63, 3.8) is 0 Å². The molecule has 0 saturated carbocycles. The average Bonchev–Trinajstić information content (AvgIpc) is 2.84. The number of benzene rings is 1. The quantitative estimate of drug-likeness (QED) is 0.906. The number of aromatic nitrogens is 1. The number of likely N-dealkylation sites (N-methyl/N-ethyl adjacent to an activating group) is 1. The minimum absolute atomic E-state index is 0.357. The van der Waals surface area contributed by atoms with Gasteiger partial charge >= 0.3 is 0 Å². The summed E-state index contributed by atoms with van der Waals surface area (Å²) in [5, 5.41) is 3.49. The maximum Gasteiger partial charge on any atom is 0.0485 e. The minimum atomic E-state index is 0.357. The summed E-state index contributed by atoms with van der Waals surface area (Å²) in [6, 6.07) is 13.4. The number of hydrogen-bond donors (Lipinski definition) is 1. The molecule has 2 heteroatoms. The Balaban J connectivity index is 1.96. The number of pyridine rings is 1. The Labute approximate surface area is 114 Å². The molecule has 2 aromatic rings. The van der Waals surface area contributed by atoms with Crippen LogP contribution >= 0.6 is 0 Å². The summed E-state index contributed by atoms with van der Waals surface area (Å²) < 4.78 is 0. The maximum absolute atomic E-state index is 4.62. The zero-order valence-electron chi connectivity index (χ0n) is 11.6. The largest absolute Gasteiger partial charge is 0.312 e. The van der Waals surface area contributed by atoms with Crippen molar-refractivity contribution in [3.8, 4) is 0 Å². The summed E-state index contributed by atoms with van der Waals surface area (Å²) in [7, 11) is 2.05. The lowest BCUT2D eigenvalue weighted by Crippen LogP contribution is -2.23. The first-order valence-corrected chi connectivity index (χ1v) is 6.97. The van der Waals surface area contributed by atoms with Crippen LogP contribution in [0.25, 0.3) is 0 Å². The fraction of sp³-hybridized carbons (Fsp3) is 0.353. The predicted molar refractivity (Wildman–Crippen MR) is 78.3 cm³/mol. The van der Waals surface area contributed by atoms with Crippen LogP contribution in [-0.4, -0.2) is 12.0 Å². The van der Waals surface area contributed by atoms with E-state index < -0.39 is 0 Å². The number of aryl methyl sites for hydroxylation is 2. The highest BCUT2D eigenvalue weighted by Gasteiger charge is 2.30. The maximum atomic E-state index is 4.62. The lowest BCUT2D eigenvalue weighted by atomic mass is 9.90. The number of nitrogens with zero attached hydrogens (tertiary/aromatic N) is 1. The van der Waals surface area contributed by atoms with Gasteiger partial charge in [0.2, 0.25) is 0 Å². The van der Waals surface area contributed by atoms with E-state index in [4.69, 9.17) is 0 Å². The van der Waals surface area contributed by atoms with Gasteiger partial charge in [-0.15, -0.1) is 0 Å². The molecule has 0 fully saturated rings. The van der Waals surface area contributed by atoms with Crippen molar-refractivity contribution < 1.29 is 0 Å². The smallest absolute Gasteiger partial charge is 0.0485 e. The Kier molecular flexibility index (Phi) is 3.34. The molecule has 98 valence electrons. The molecule has 2 unspecified atom stereocenters. The highest BCUT2D eigenvalue weighted by Crippen LogP contribution is 2.40. The number of rotatable bonds is 3. The van der Waals surface area contributed by atoms with Gasteiger partial charge in [-0.1, -0.05) is 35.9 Å². The molecule has 1 heterocycles. The van der Waals surface area contributed by atoms with Crippen molar-refractivity contribution in [2.24, 2.45) is 0 Å². The fourth-order valence-corrected chi connectivity index (χ4v) is 3.23. The second-order valence-corrected chi connectivity index (χ2v) is 5.37. The third-order valence-electron chi connectivity index (χ3n) is 4.12. The lowest BCUT2D eigenvalue weighted by Gasteiger charge is -2.24. The monoisotopic (exact) mass is 252 g/mol. The topological polar surface area (TPSA) is 24.9 Å². The Hall–Kier alpha value is -1.67. The molecule has 1 aromatic heterocycles. The van der Waals surface area contributed by atoms with Gasteiger partial charge in [-0.3, -0.25) is 4.98 Å². The van der Waals surface area contributed by atoms with Gasteiger partial charge in [0.15, 0.2) is 0 Å². The molecule has 2 atom stereocenters. The summed E-state index contributed by atoms with van der Waals surface area (Å²) in [5.74, 6) is 0.489. The van der Waals surface area contributed by atoms with Crippen molar-refractivity contribution >= 4 is 0 Å². The Bertz CT molecular complexity index is 577. The van der Waals surface area contributed by atoms with Crippen LogP contribution in [0.2, 0.25) is 0 Å². The molecule has 0 saturated heterocycles. The standard InChI is InChI=1S/C17H20N2/c1-12-5-3-6-14(11-12)16(18-2)15-9-8-13-7-4-10-19-17(13)15/h3-7,10-11,15-16,18H,8-9H2,1-2H3. The Morgan fingerprint density at radius 2 is 2.16 bits per heavy atom. The van der Waals surface area contributed by atoms with E-state index in [0.717, 1.165) is 6.42 Å². The molecular formula is C17H20N2. The third-order valence-corrected chi connectivity index (χ3v) is 4.12. The van der Waals surface area contributed by atoms with Gasteiger partial charge in [0.05, 0.1) is 0 Å². The van der Waals surface area contributed by atoms with Crippen molar-refractivity contribution in [2.45, 2.75) is 31.7 Å². The van der Waals surface area contributed by atoms with Crippen LogP contribution in [0.15, 0.2) is 42.6 Å². The molecule has 0 amide bonds. The molecular weight excluding hydrogens is 232 g/mol. The first kappa shape index (κ1) is 12.4. The number of hydrogen-bond acceptors (Lipinski definition) is 2. The third kappa shape index (κ3) is 2.28. The molecule has 1 aliphatic carbocycles. The summed E-state index contributed by atoms with van der Waals surface area (Å²) in [6.07, 6.45) is 4.25. The van der Waals surface area contributed by atoms with Crippen LogP contribution in [0.5, 0.6) is 0 Å². The van der Waals surface area contributed by atoms with E-state index in [2.05, 4.69) is 47.6 Å². The minimum Gasteiger partial charge on any atom is -0.312 e. The molecule has 1 N–H and O–H groups in total. The van der Waals surface area contributed by atoms with E-state index in [-0.39, 0.29) is 0 Å². The summed E-state index contributed by atoms with van der Waals surface area (Å²) in [6.45, 7) is 2.15. The number of nitrogens with one attached hydrogen (secondary N) is 1. The zero-order valence-corrected chi connectivity index (χ0v) is 11.6. The molecule has 0 spiro atoms. The lowest BCUT2D eigenvalue weighted by molar-refractivity contribution is 0.470. The van der Waals surface area contributed by atoms with E-state index >= 15 is 0 Å². The Morgan fingerprint density at radius 1 is 1.26 bits per heavy atom. The zero-order chi connectivity index (χ0) is 13.2. The highest BCUT2D eigenvalue weighted by molar-refractivity contribution is 5.34. The fourth-order valence-electron chi connectivity index (χ4n) is 3.23. The van der Waals surface area contributed by atoms with Crippen molar-refractivity contribution in [1.82, 2.24) is 10.3 Å². The van der Waals surface area contributed by atoms with Gasteiger partial charge in [-0.2, -0.15) is 0 Å². The van der Waals surface area contributed by atoms with Gasteiger partial charge in [0.1, 0.15) is 0 Å². The molecule has 1 aromatic carbocycles. The van der Waals surface area contributed by atoms with Gasteiger partial charge < -0.3 is 5.32 Å². The highest BCUT2D eigenvalue weighted by atomic mass is 14.9. The molecule has 0 radical (unpaired) electrons. The van der Waals surface area contributed by atoms with Gasteiger partial charge in [-0.25, -0.2) is 0 Å². The molecule has 0 aliphatic heterocycles. The van der Waals surface area contributed by atoms with E-state index in [9.17, 15) is 0 Å². The van der Waals surface area contributed by atoms with E-state index in [0.29, 0.717) is 12.0 Å². The predicted octanol–water partition coefficient (Wildman–Crippen LogP) is 3.38. The van der Waals surface area contributed by atoms with Crippen molar-refractivity contribution in [2.75, 3.05) is 7.05 Å². The second-order valence-electron chi connectivity index (χ2n) is 5.37. The summed E-state index contributed by atoms with van der Waals surface area (Å²) in [5.41, 5.74) is 5.38. The van der Waals surface area contributed by atoms with E-state index in [1.807, 2.05) is 19.3 Å². The molecule has 2 nitrogen and oxygen atoms in total. The van der Waals surface area contributed by atoms with Crippen LogP contribution in [0.1, 0.15) is 40.8 Å². The Morgan fingerprint density at radius 3 is 2.95 bits per heavy atom. The molecule has 19 heavy (non-hydrogen) atoms. The summed E-state index contributed by atoms with van der Waals surface area (Å²) in [4.78, 5) is 4.62. The van der Waals surface area contributed by atoms with Crippen molar-refractivity contribution in [3.05, 3.63) is 65.0 Å². The first-order valence-electron chi connectivity index (χ1n) is 6.97. The van der Waals surface area contributed by atoms with Crippen LogP contribution in [-0.2, 0) is 6.42 Å². The first-order chi connectivity index (χ1) is 9.29. The van der Waals surface area contributed by atoms with Gasteiger partial charge in [0, 0.05) is 23.9 Å². The average molecular weight is 252 g/mol. The van der Waals surface area contributed by atoms with Crippen LogP contribution in [0, 0.1) is 6.92 Å². The molecule has 3 rings (SSSR count). The van der Waals surface area contributed by atoms with Crippen LogP contribution in [0.3, 0.4) is 0 Å². The summed E-state index contributed by atoms with van der Waals surface area (Å²) >= 11 is 0. The SMILES string of the molecule is CNC(c1cccc(C)c1)C1CCc2cccnc21. The molecule has 0 bridgehead atoms. The van der Waals surface area contributed by atoms with Crippen LogP contribution in [0.4, 0.5) is 0 Å². The van der Waals surface area contributed by atoms with Gasteiger partial charge in [-0.05, 0) is 44.0 Å². The van der Waals surface area contributed by atoms with E-state index in [1.165, 1.54) is 28.8 Å². The molecule has 1 aliphatic rings. The number of fused-ring (bicyclic) bond motifs is 1. The van der Waals surface area contributed by atoms with Gasteiger partial charge in [0.25, 0.3) is 0 Å². The van der Waals surface area contributed by atoms with E-state index in [1.54, 1.807) is 0 Å².